The smallest absolute Gasteiger partial charge is 0.136 e. The summed E-state index contributed by atoms with van der Waals surface area (Å²) in [7, 11) is 0. The summed E-state index contributed by atoms with van der Waals surface area (Å²) in [5.74, 6) is 0.0885. The Morgan fingerprint density at radius 2 is 2.00 bits per heavy atom. The zero-order valence-corrected chi connectivity index (χ0v) is 7.49. The standard InChI is InChI=1S/C11H11NO/c1-2-9(8-12)11(13)10-6-4-3-5-7-10/h3-7,13H,2H2,1H3/b11-9+. The molecule has 0 bridgehead atoms. The van der Waals surface area contributed by atoms with Crippen molar-refractivity contribution in [2.45, 2.75) is 13.3 Å². The molecular formula is C11H11NO. The first kappa shape index (κ1) is 9.34. The van der Waals surface area contributed by atoms with Gasteiger partial charge in [0.2, 0.25) is 0 Å². The molecule has 13 heavy (non-hydrogen) atoms. The van der Waals surface area contributed by atoms with E-state index in [1.54, 1.807) is 12.1 Å². The van der Waals surface area contributed by atoms with Gasteiger partial charge in [-0.2, -0.15) is 5.26 Å². The van der Waals surface area contributed by atoms with Gasteiger partial charge in [-0.05, 0) is 6.42 Å². The summed E-state index contributed by atoms with van der Waals surface area (Å²) < 4.78 is 0. The molecule has 66 valence electrons. The minimum absolute atomic E-state index is 0.0885. The summed E-state index contributed by atoms with van der Waals surface area (Å²) in [5, 5.41) is 18.3. The molecule has 0 aromatic heterocycles. The van der Waals surface area contributed by atoms with Gasteiger partial charge in [0.25, 0.3) is 0 Å². The zero-order chi connectivity index (χ0) is 9.68. The van der Waals surface area contributed by atoms with E-state index in [2.05, 4.69) is 0 Å². The van der Waals surface area contributed by atoms with Gasteiger partial charge in [0.1, 0.15) is 5.76 Å². The summed E-state index contributed by atoms with van der Waals surface area (Å²) in [6.45, 7) is 1.84. The largest absolute Gasteiger partial charge is 0.506 e. The van der Waals surface area contributed by atoms with Crippen molar-refractivity contribution in [3.8, 4) is 6.07 Å². The Morgan fingerprint density at radius 1 is 1.38 bits per heavy atom. The number of hydrogen-bond donors (Lipinski definition) is 1. The molecule has 1 aromatic carbocycles. The average molecular weight is 173 g/mol. The van der Waals surface area contributed by atoms with E-state index in [1.807, 2.05) is 31.2 Å². The molecule has 0 spiro atoms. The van der Waals surface area contributed by atoms with E-state index < -0.39 is 0 Å². The quantitative estimate of drug-likeness (QED) is 0.552. The number of nitriles is 1. The first-order valence-corrected chi connectivity index (χ1v) is 4.17. The molecule has 1 rings (SSSR count). The van der Waals surface area contributed by atoms with Crippen LogP contribution in [0.15, 0.2) is 35.9 Å². The topological polar surface area (TPSA) is 44.0 Å². The van der Waals surface area contributed by atoms with Crippen molar-refractivity contribution in [1.29, 1.82) is 5.26 Å². The molecule has 0 saturated heterocycles. The maximum absolute atomic E-state index is 9.64. The lowest BCUT2D eigenvalue weighted by Gasteiger charge is -2.01. The van der Waals surface area contributed by atoms with Crippen molar-refractivity contribution in [3.05, 3.63) is 41.5 Å². The predicted octanol–water partition coefficient (Wildman–Crippen LogP) is 2.89. The van der Waals surface area contributed by atoms with Gasteiger partial charge in [0.15, 0.2) is 0 Å². The van der Waals surface area contributed by atoms with E-state index in [9.17, 15) is 5.11 Å². The molecule has 0 aliphatic heterocycles. The third kappa shape index (κ3) is 2.09. The molecular weight excluding hydrogens is 162 g/mol. The second-order valence-corrected chi connectivity index (χ2v) is 2.66. The summed E-state index contributed by atoms with van der Waals surface area (Å²) in [6.07, 6.45) is 0.553. The van der Waals surface area contributed by atoms with Crippen molar-refractivity contribution in [2.24, 2.45) is 0 Å². The summed E-state index contributed by atoms with van der Waals surface area (Å²) >= 11 is 0. The molecule has 0 saturated carbocycles. The average Bonchev–Trinajstić information content (AvgIpc) is 2.21. The molecule has 2 heteroatoms. The molecule has 1 aromatic rings. The van der Waals surface area contributed by atoms with Crippen molar-refractivity contribution in [3.63, 3.8) is 0 Å². The second kappa shape index (κ2) is 4.32. The lowest BCUT2D eigenvalue weighted by atomic mass is 10.1. The van der Waals surface area contributed by atoms with Gasteiger partial charge in [0.05, 0.1) is 11.6 Å². The summed E-state index contributed by atoms with van der Waals surface area (Å²) in [4.78, 5) is 0. The highest BCUT2D eigenvalue weighted by Gasteiger charge is 2.04. The van der Waals surface area contributed by atoms with Gasteiger partial charge in [-0.25, -0.2) is 0 Å². The van der Waals surface area contributed by atoms with Crippen molar-refractivity contribution >= 4 is 5.76 Å². The number of allylic oxidation sites excluding steroid dienone is 1. The number of aliphatic hydroxyl groups is 1. The van der Waals surface area contributed by atoms with Crippen LogP contribution < -0.4 is 0 Å². The Kier molecular flexibility index (Phi) is 3.10. The lowest BCUT2D eigenvalue weighted by molar-refractivity contribution is 0.506. The molecule has 0 fully saturated rings. The molecule has 0 atom stereocenters. The van der Waals surface area contributed by atoms with Crippen molar-refractivity contribution in [1.82, 2.24) is 0 Å². The van der Waals surface area contributed by atoms with E-state index in [0.717, 1.165) is 0 Å². The normalized spacial score (nSPS) is 11.7. The van der Waals surface area contributed by atoms with E-state index >= 15 is 0 Å². The lowest BCUT2D eigenvalue weighted by Crippen LogP contribution is -1.87. The van der Waals surface area contributed by atoms with Gasteiger partial charge in [0, 0.05) is 5.56 Å². The Bertz CT molecular complexity index is 346. The monoisotopic (exact) mass is 173 g/mol. The Hall–Kier alpha value is -1.75. The SMILES string of the molecule is CC/C(C#N)=C(\O)c1ccccc1. The Labute approximate surface area is 77.8 Å². The highest BCUT2D eigenvalue weighted by atomic mass is 16.3. The number of nitrogens with zero attached hydrogens (tertiary/aromatic N) is 1. The third-order valence-electron chi connectivity index (χ3n) is 1.82. The molecule has 0 aliphatic rings. The van der Waals surface area contributed by atoms with Crippen LogP contribution in [0, 0.1) is 11.3 Å². The van der Waals surface area contributed by atoms with E-state index in [-0.39, 0.29) is 5.76 Å². The fourth-order valence-electron chi connectivity index (χ4n) is 1.07. The van der Waals surface area contributed by atoms with E-state index in [0.29, 0.717) is 17.6 Å². The fourth-order valence-corrected chi connectivity index (χ4v) is 1.07. The number of rotatable bonds is 2. The summed E-state index contributed by atoms with van der Waals surface area (Å²) in [5.41, 5.74) is 1.12. The van der Waals surface area contributed by atoms with Crippen LogP contribution in [0.3, 0.4) is 0 Å². The summed E-state index contributed by atoms with van der Waals surface area (Å²) in [6, 6.07) is 11.1. The molecule has 0 radical (unpaired) electrons. The molecule has 0 aliphatic carbocycles. The van der Waals surface area contributed by atoms with Gasteiger partial charge < -0.3 is 5.11 Å². The third-order valence-corrected chi connectivity index (χ3v) is 1.82. The van der Waals surface area contributed by atoms with E-state index in [1.165, 1.54) is 0 Å². The van der Waals surface area contributed by atoms with Crippen LogP contribution in [-0.2, 0) is 0 Å². The van der Waals surface area contributed by atoms with Crippen molar-refractivity contribution in [2.75, 3.05) is 0 Å². The first-order chi connectivity index (χ1) is 6.29. The molecule has 1 N–H and O–H groups in total. The van der Waals surface area contributed by atoms with Crippen LogP contribution in [0.25, 0.3) is 5.76 Å². The predicted molar refractivity (Wildman–Crippen MR) is 51.9 cm³/mol. The number of aliphatic hydroxyl groups excluding tert-OH is 1. The van der Waals surface area contributed by atoms with Crippen LogP contribution in [0.4, 0.5) is 0 Å². The number of benzene rings is 1. The first-order valence-electron chi connectivity index (χ1n) is 4.17. The minimum atomic E-state index is 0.0885. The maximum atomic E-state index is 9.64. The van der Waals surface area contributed by atoms with Gasteiger partial charge >= 0.3 is 0 Å². The minimum Gasteiger partial charge on any atom is -0.506 e. The van der Waals surface area contributed by atoms with Gasteiger partial charge in [-0.3, -0.25) is 0 Å². The molecule has 0 heterocycles. The van der Waals surface area contributed by atoms with Crippen LogP contribution in [-0.4, -0.2) is 5.11 Å². The van der Waals surface area contributed by atoms with Crippen LogP contribution in [0.2, 0.25) is 0 Å². The highest BCUT2D eigenvalue weighted by molar-refractivity contribution is 5.64. The molecule has 2 nitrogen and oxygen atoms in total. The molecule has 0 amide bonds. The molecule has 0 unspecified atom stereocenters. The number of hydrogen-bond acceptors (Lipinski definition) is 2. The van der Waals surface area contributed by atoms with Crippen LogP contribution >= 0.6 is 0 Å². The van der Waals surface area contributed by atoms with Crippen LogP contribution in [0.5, 0.6) is 0 Å². The van der Waals surface area contributed by atoms with E-state index in [4.69, 9.17) is 5.26 Å². The highest BCUT2D eigenvalue weighted by Crippen LogP contribution is 2.16. The second-order valence-electron chi connectivity index (χ2n) is 2.66. The zero-order valence-electron chi connectivity index (χ0n) is 7.49. The van der Waals surface area contributed by atoms with Crippen LogP contribution in [0.1, 0.15) is 18.9 Å². The van der Waals surface area contributed by atoms with Gasteiger partial charge in [-0.1, -0.05) is 37.3 Å². The Morgan fingerprint density at radius 3 is 2.46 bits per heavy atom. The Balaban J connectivity index is 3.11. The van der Waals surface area contributed by atoms with Gasteiger partial charge in [-0.15, -0.1) is 0 Å². The van der Waals surface area contributed by atoms with Crippen molar-refractivity contribution < 1.29 is 5.11 Å². The maximum Gasteiger partial charge on any atom is 0.136 e. The fraction of sp³-hybridized carbons (Fsp3) is 0.182.